The zero-order valence-electron chi connectivity index (χ0n) is 17.2. The van der Waals surface area contributed by atoms with Crippen molar-refractivity contribution in [1.82, 2.24) is 19.7 Å². The van der Waals surface area contributed by atoms with E-state index in [0.717, 1.165) is 34.5 Å². The number of nitrogens with zero attached hydrogens (tertiary/aromatic N) is 3. The number of aryl methyl sites for hydroxylation is 2. The van der Waals surface area contributed by atoms with Crippen molar-refractivity contribution in [2.24, 2.45) is 0 Å². The lowest BCUT2D eigenvalue weighted by Crippen LogP contribution is -2.52. The van der Waals surface area contributed by atoms with Crippen molar-refractivity contribution in [3.05, 3.63) is 70.8 Å². The fourth-order valence-electron chi connectivity index (χ4n) is 3.35. The summed E-state index contributed by atoms with van der Waals surface area (Å²) < 4.78 is 1.79. The van der Waals surface area contributed by atoms with Gasteiger partial charge in [-0.25, -0.2) is 9.48 Å². The third-order valence-electron chi connectivity index (χ3n) is 5.26. The topological polar surface area (TPSA) is 79.5 Å². The first-order valence-corrected chi connectivity index (χ1v) is 9.54. The van der Waals surface area contributed by atoms with Crippen LogP contribution in [0.3, 0.4) is 0 Å². The van der Waals surface area contributed by atoms with Crippen LogP contribution >= 0.6 is 0 Å². The molecule has 0 aliphatic rings. The third-order valence-corrected chi connectivity index (χ3v) is 5.26. The molecule has 146 valence electrons. The Kier molecular flexibility index (Phi) is 5.49. The second-order valence-electron chi connectivity index (χ2n) is 7.29. The van der Waals surface area contributed by atoms with Gasteiger partial charge in [0.2, 0.25) is 0 Å². The first-order chi connectivity index (χ1) is 13.3. The minimum absolute atomic E-state index is 0.128. The summed E-state index contributed by atoms with van der Waals surface area (Å²) in [6.45, 7) is 8.20. The number of hydrogen-bond donors (Lipinski definition) is 2. The summed E-state index contributed by atoms with van der Waals surface area (Å²) in [4.78, 5) is 17.9. The smallest absolute Gasteiger partial charge is 0.353 e. The predicted octanol–water partition coefficient (Wildman–Crippen LogP) is 2.61. The molecular weight excluding hydrogens is 350 g/mol. The molecule has 2 heterocycles. The largest absolute Gasteiger partial charge is 0.357 e. The number of H-pyrrole nitrogens is 1. The van der Waals surface area contributed by atoms with Gasteiger partial charge >= 0.3 is 5.91 Å². The maximum Gasteiger partial charge on any atom is 0.357 e. The third kappa shape index (κ3) is 3.63. The highest BCUT2D eigenvalue weighted by Crippen LogP contribution is 2.25. The van der Waals surface area contributed by atoms with Crippen LogP contribution in [0.4, 0.5) is 0 Å². The Hall–Kier alpha value is -3.15. The molecule has 1 amide bonds. The number of carbonyl (C=O) groups is 1. The van der Waals surface area contributed by atoms with Crippen LogP contribution in [0, 0.1) is 13.8 Å². The molecule has 3 rings (SSSR count). The molecule has 0 radical (unpaired) electrons. The normalized spacial score (nSPS) is 12.0. The van der Waals surface area contributed by atoms with E-state index in [2.05, 4.69) is 30.0 Å². The van der Waals surface area contributed by atoms with E-state index >= 15 is 0 Å². The number of rotatable bonds is 5. The highest BCUT2D eigenvalue weighted by molar-refractivity contribution is 6.10. The lowest BCUT2D eigenvalue weighted by molar-refractivity contribution is -0.123. The van der Waals surface area contributed by atoms with Crippen molar-refractivity contribution in [3.63, 3.8) is 0 Å². The number of nitrogens with one attached hydrogen (secondary N) is 1. The van der Waals surface area contributed by atoms with E-state index in [1.807, 2.05) is 44.3 Å². The number of aromatic nitrogens is 3. The molecule has 0 saturated heterocycles. The number of aromatic amines is 1. The molecule has 6 heteroatoms. The van der Waals surface area contributed by atoms with Crippen LogP contribution in [-0.4, -0.2) is 38.5 Å². The number of nitrogens with two attached hydrogens (primary N) is 1. The van der Waals surface area contributed by atoms with E-state index < -0.39 is 0 Å². The SMILES string of the molecule is CCC(C)c1cc(C)[nH]c1C(=O)N(C)C(=[NH2+])c1ccc(-n2cccn2)cc1C. The molecule has 0 bridgehead atoms. The highest BCUT2D eigenvalue weighted by Gasteiger charge is 2.30. The zero-order valence-corrected chi connectivity index (χ0v) is 17.2. The van der Waals surface area contributed by atoms with Crippen molar-refractivity contribution in [2.75, 3.05) is 7.05 Å². The minimum atomic E-state index is -0.128. The van der Waals surface area contributed by atoms with Crippen molar-refractivity contribution in [1.29, 1.82) is 0 Å². The Morgan fingerprint density at radius 1 is 1.32 bits per heavy atom. The lowest BCUT2D eigenvalue weighted by Gasteiger charge is -2.15. The van der Waals surface area contributed by atoms with Crippen LogP contribution in [0.15, 0.2) is 42.7 Å². The number of benzene rings is 1. The summed E-state index contributed by atoms with van der Waals surface area (Å²) in [5.41, 5.74) is 5.39. The first-order valence-electron chi connectivity index (χ1n) is 9.54. The lowest BCUT2D eigenvalue weighted by atomic mass is 9.98. The van der Waals surface area contributed by atoms with Crippen molar-refractivity contribution >= 4 is 11.7 Å². The molecule has 1 atom stereocenters. The molecule has 3 N–H and O–H groups in total. The van der Waals surface area contributed by atoms with Crippen LogP contribution < -0.4 is 5.41 Å². The highest BCUT2D eigenvalue weighted by atomic mass is 16.2. The van der Waals surface area contributed by atoms with E-state index in [9.17, 15) is 4.79 Å². The molecule has 3 aromatic rings. The Bertz CT molecular complexity index is 1000. The molecular formula is C22H28N5O+. The summed E-state index contributed by atoms with van der Waals surface area (Å²) in [5.74, 6) is 0.599. The summed E-state index contributed by atoms with van der Waals surface area (Å²) in [5, 5.41) is 10.6. The zero-order chi connectivity index (χ0) is 20.4. The fraction of sp³-hybridized carbons (Fsp3) is 0.318. The predicted molar refractivity (Wildman–Crippen MR) is 111 cm³/mol. The Morgan fingerprint density at radius 2 is 2.07 bits per heavy atom. The monoisotopic (exact) mass is 378 g/mol. The Labute approximate surface area is 165 Å². The molecule has 0 saturated carbocycles. The van der Waals surface area contributed by atoms with Crippen LogP contribution in [0.2, 0.25) is 0 Å². The van der Waals surface area contributed by atoms with E-state index in [4.69, 9.17) is 5.41 Å². The summed E-state index contributed by atoms with van der Waals surface area (Å²) in [6, 6.07) is 9.82. The average Bonchev–Trinajstić information content (AvgIpc) is 3.35. The van der Waals surface area contributed by atoms with Gasteiger partial charge in [-0.2, -0.15) is 10.00 Å². The van der Waals surface area contributed by atoms with E-state index in [1.54, 1.807) is 17.9 Å². The molecule has 0 spiro atoms. The quantitative estimate of drug-likeness (QED) is 0.529. The van der Waals surface area contributed by atoms with Crippen LogP contribution in [0.5, 0.6) is 0 Å². The van der Waals surface area contributed by atoms with E-state index in [-0.39, 0.29) is 5.91 Å². The first kappa shape index (κ1) is 19.6. The van der Waals surface area contributed by atoms with Crippen molar-refractivity contribution in [2.45, 2.75) is 40.0 Å². The van der Waals surface area contributed by atoms with Gasteiger partial charge in [-0.05, 0) is 67.6 Å². The number of hydrogen-bond acceptors (Lipinski definition) is 2. The van der Waals surface area contributed by atoms with Gasteiger partial charge in [-0.15, -0.1) is 0 Å². The second-order valence-corrected chi connectivity index (χ2v) is 7.29. The maximum atomic E-state index is 13.2. The number of amidine groups is 1. The maximum absolute atomic E-state index is 13.2. The van der Waals surface area contributed by atoms with Gasteiger partial charge in [0, 0.05) is 18.1 Å². The number of amides is 1. The molecule has 0 fully saturated rings. The van der Waals surface area contributed by atoms with Gasteiger partial charge in [0.15, 0.2) is 0 Å². The standard InChI is InChI=1S/C22H27N5O/c1-6-14(2)19-13-16(4)25-20(19)22(28)26(5)21(23)18-9-8-17(12-15(18)3)27-11-7-10-24-27/h7-14,23,25H,6H2,1-5H3/p+1. The molecule has 2 aromatic heterocycles. The summed E-state index contributed by atoms with van der Waals surface area (Å²) >= 11 is 0. The molecule has 1 unspecified atom stereocenters. The van der Waals surface area contributed by atoms with Crippen molar-refractivity contribution < 1.29 is 10.2 Å². The van der Waals surface area contributed by atoms with Gasteiger partial charge in [-0.3, -0.25) is 5.41 Å². The Balaban J connectivity index is 1.88. The van der Waals surface area contributed by atoms with Gasteiger partial charge in [0.25, 0.3) is 5.84 Å². The van der Waals surface area contributed by atoms with Gasteiger partial charge < -0.3 is 4.98 Å². The molecule has 28 heavy (non-hydrogen) atoms. The molecule has 6 nitrogen and oxygen atoms in total. The molecule has 0 aliphatic carbocycles. The Morgan fingerprint density at radius 3 is 2.68 bits per heavy atom. The fourth-order valence-corrected chi connectivity index (χ4v) is 3.35. The molecule has 1 aromatic carbocycles. The minimum Gasteiger partial charge on any atom is -0.353 e. The molecule has 0 aliphatic heterocycles. The van der Waals surface area contributed by atoms with Gasteiger partial charge in [0.1, 0.15) is 5.69 Å². The van der Waals surface area contributed by atoms with Crippen LogP contribution in [-0.2, 0) is 0 Å². The van der Waals surface area contributed by atoms with Crippen LogP contribution in [0.1, 0.15) is 59.1 Å². The van der Waals surface area contributed by atoms with E-state index in [0.29, 0.717) is 17.4 Å². The van der Waals surface area contributed by atoms with E-state index in [1.165, 1.54) is 4.90 Å². The summed E-state index contributed by atoms with van der Waals surface area (Å²) in [7, 11) is 1.72. The summed E-state index contributed by atoms with van der Waals surface area (Å²) in [6.07, 6.45) is 4.60. The average molecular weight is 379 g/mol. The van der Waals surface area contributed by atoms with Crippen molar-refractivity contribution in [3.8, 4) is 5.69 Å². The second kappa shape index (κ2) is 7.84. The van der Waals surface area contributed by atoms with Crippen LogP contribution in [0.25, 0.3) is 5.69 Å². The van der Waals surface area contributed by atoms with Gasteiger partial charge in [-0.1, -0.05) is 13.8 Å². The van der Waals surface area contributed by atoms with Gasteiger partial charge in [0.05, 0.1) is 18.3 Å². The number of carbonyl (C=O) groups excluding carboxylic acids is 1.